The Morgan fingerprint density at radius 1 is 1.06 bits per heavy atom. The number of hydrogen-bond acceptors (Lipinski definition) is 5. The molecule has 2 N–H and O–H groups in total. The van der Waals surface area contributed by atoms with Crippen LogP contribution in [0.4, 0.5) is 10.8 Å². The maximum Gasteiger partial charge on any atom is 0.291 e. The van der Waals surface area contributed by atoms with Crippen LogP contribution in [0.1, 0.15) is 64.9 Å². The van der Waals surface area contributed by atoms with Crippen LogP contribution in [0, 0.1) is 0 Å². The zero-order valence-corrected chi connectivity index (χ0v) is 19.3. The summed E-state index contributed by atoms with van der Waals surface area (Å²) < 4.78 is 5.28. The van der Waals surface area contributed by atoms with Gasteiger partial charge < -0.3 is 15.1 Å². The predicted octanol–water partition coefficient (Wildman–Crippen LogP) is 6.88. The molecule has 0 bridgehead atoms. The first-order valence-electron chi connectivity index (χ1n) is 10.8. The molecule has 4 rings (SSSR count). The third-order valence-corrected chi connectivity index (χ3v) is 6.55. The molecule has 0 saturated carbocycles. The van der Waals surface area contributed by atoms with Crippen molar-refractivity contribution in [3.05, 3.63) is 100 Å². The summed E-state index contributed by atoms with van der Waals surface area (Å²) in [5, 5.41) is 7.44. The Balaban J connectivity index is 1.74. The number of aryl methyl sites for hydroxylation is 1. The van der Waals surface area contributed by atoms with Crippen LogP contribution in [-0.2, 0) is 6.42 Å². The van der Waals surface area contributed by atoms with E-state index in [1.54, 1.807) is 29.7 Å². The Bertz CT molecular complexity index is 1150. The number of nitrogens with zero attached hydrogens (tertiary/aromatic N) is 1. The van der Waals surface area contributed by atoms with Crippen molar-refractivity contribution in [2.45, 2.75) is 39.2 Å². The lowest BCUT2D eigenvalue weighted by atomic mass is 9.95. The summed E-state index contributed by atoms with van der Waals surface area (Å²) in [7, 11) is 0. The van der Waals surface area contributed by atoms with Crippen molar-refractivity contribution in [3.63, 3.8) is 0 Å². The van der Waals surface area contributed by atoms with E-state index in [2.05, 4.69) is 66.7 Å². The van der Waals surface area contributed by atoms with Gasteiger partial charge in [-0.2, -0.15) is 0 Å². The quantitative estimate of drug-likeness (QED) is 0.310. The molecule has 0 saturated heterocycles. The van der Waals surface area contributed by atoms with Crippen molar-refractivity contribution in [3.8, 4) is 0 Å². The van der Waals surface area contributed by atoms with Crippen molar-refractivity contribution in [2.75, 3.05) is 10.6 Å². The van der Waals surface area contributed by atoms with Crippen LogP contribution in [0.3, 0.4) is 0 Å². The zero-order chi connectivity index (χ0) is 22.5. The monoisotopic (exact) mass is 445 g/mol. The number of carbonyl (C=O) groups excluding carboxylic acids is 1. The van der Waals surface area contributed by atoms with E-state index in [1.807, 2.05) is 18.2 Å². The van der Waals surface area contributed by atoms with E-state index < -0.39 is 0 Å². The summed E-state index contributed by atoms with van der Waals surface area (Å²) in [6.45, 7) is 6.49. The summed E-state index contributed by atoms with van der Waals surface area (Å²) in [6.07, 6.45) is 4.16. The van der Waals surface area contributed by atoms with Crippen molar-refractivity contribution in [1.82, 2.24) is 4.98 Å². The summed E-state index contributed by atoms with van der Waals surface area (Å²) in [5.41, 5.74) is 3.40. The molecule has 0 fully saturated rings. The van der Waals surface area contributed by atoms with Gasteiger partial charge in [-0.05, 0) is 53.8 Å². The maximum absolute atomic E-state index is 12.7. The summed E-state index contributed by atoms with van der Waals surface area (Å²) in [6, 6.07) is 19.8. The first kappa shape index (κ1) is 21.8. The Morgan fingerprint density at radius 2 is 1.84 bits per heavy atom. The van der Waals surface area contributed by atoms with Gasteiger partial charge in [-0.15, -0.1) is 11.3 Å². The van der Waals surface area contributed by atoms with E-state index in [0.717, 1.165) is 28.4 Å². The van der Waals surface area contributed by atoms with Gasteiger partial charge >= 0.3 is 0 Å². The molecule has 6 heteroatoms. The number of benzene rings is 1. The minimum Gasteiger partial charge on any atom is -0.459 e. The molecular weight excluding hydrogens is 418 g/mol. The number of carbonyl (C=O) groups is 1. The van der Waals surface area contributed by atoms with Gasteiger partial charge in [0, 0.05) is 16.6 Å². The Kier molecular flexibility index (Phi) is 6.71. The van der Waals surface area contributed by atoms with E-state index in [-0.39, 0.29) is 17.7 Å². The standard InChI is InChI=1S/C26H27N3O2S/c1-4-20-16-21(26(32-20)29-25(30)22-8-7-15-31-22)24(28-23-9-5-6-14-27-23)19-12-10-18(11-13-19)17(2)3/h5-17,24H,4H2,1-3H3,(H,27,28)(H,29,30). The molecule has 1 unspecified atom stereocenters. The first-order chi connectivity index (χ1) is 15.5. The normalized spacial score (nSPS) is 12.0. The minimum absolute atomic E-state index is 0.172. The molecule has 3 aromatic heterocycles. The van der Waals surface area contributed by atoms with Gasteiger partial charge in [0.15, 0.2) is 5.76 Å². The minimum atomic E-state index is -0.257. The maximum atomic E-state index is 12.7. The molecule has 1 atom stereocenters. The molecule has 5 nitrogen and oxygen atoms in total. The number of pyridine rings is 1. The van der Waals surface area contributed by atoms with Crippen LogP contribution in [0.15, 0.2) is 77.5 Å². The van der Waals surface area contributed by atoms with Crippen molar-refractivity contribution in [1.29, 1.82) is 0 Å². The molecule has 3 heterocycles. The van der Waals surface area contributed by atoms with Crippen molar-refractivity contribution >= 4 is 28.1 Å². The van der Waals surface area contributed by atoms with Crippen LogP contribution in [0.5, 0.6) is 0 Å². The number of rotatable bonds is 8. The fourth-order valence-electron chi connectivity index (χ4n) is 3.53. The van der Waals surface area contributed by atoms with Crippen LogP contribution in [0.25, 0.3) is 0 Å². The summed E-state index contributed by atoms with van der Waals surface area (Å²) >= 11 is 1.59. The van der Waals surface area contributed by atoms with Gasteiger partial charge in [-0.3, -0.25) is 4.79 Å². The molecule has 0 aliphatic carbocycles. The van der Waals surface area contributed by atoms with E-state index in [1.165, 1.54) is 16.7 Å². The molecule has 164 valence electrons. The van der Waals surface area contributed by atoms with E-state index >= 15 is 0 Å². The summed E-state index contributed by atoms with van der Waals surface area (Å²) in [4.78, 5) is 18.4. The van der Waals surface area contributed by atoms with E-state index in [9.17, 15) is 4.79 Å². The lowest BCUT2D eigenvalue weighted by Gasteiger charge is -2.21. The van der Waals surface area contributed by atoms with Gasteiger partial charge in [0.25, 0.3) is 5.91 Å². The average Bonchev–Trinajstić information content (AvgIpc) is 3.49. The van der Waals surface area contributed by atoms with Crippen LogP contribution in [0.2, 0.25) is 0 Å². The second kappa shape index (κ2) is 9.83. The molecule has 1 aromatic carbocycles. The first-order valence-corrected chi connectivity index (χ1v) is 11.6. The van der Waals surface area contributed by atoms with Gasteiger partial charge in [-0.25, -0.2) is 4.98 Å². The molecule has 0 radical (unpaired) electrons. The fourth-order valence-corrected chi connectivity index (χ4v) is 4.56. The van der Waals surface area contributed by atoms with Crippen molar-refractivity contribution < 1.29 is 9.21 Å². The predicted molar refractivity (Wildman–Crippen MR) is 131 cm³/mol. The van der Waals surface area contributed by atoms with Gasteiger partial charge in [-0.1, -0.05) is 51.1 Å². The number of hydrogen-bond donors (Lipinski definition) is 2. The van der Waals surface area contributed by atoms with Gasteiger partial charge in [0.05, 0.1) is 12.3 Å². The number of aromatic nitrogens is 1. The lowest BCUT2D eigenvalue weighted by molar-refractivity contribution is 0.0997. The van der Waals surface area contributed by atoms with E-state index in [4.69, 9.17) is 4.42 Å². The fraction of sp³-hybridized carbons (Fsp3) is 0.231. The summed E-state index contributed by atoms with van der Waals surface area (Å²) in [5.74, 6) is 1.27. The second-order valence-electron chi connectivity index (χ2n) is 7.90. The molecule has 0 aliphatic heterocycles. The molecule has 0 spiro atoms. The number of nitrogens with one attached hydrogen (secondary N) is 2. The lowest BCUT2D eigenvalue weighted by Crippen LogP contribution is -2.17. The SMILES string of the molecule is CCc1cc(C(Nc2ccccn2)c2ccc(C(C)C)cc2)c(NC(=O)c2ccco2)s1. The smallest absolute Gasteiger partial charge is 0.291 e. The largest absolute Gasteiger partial charge is 0.459 e. The Labute approximate surface area is 192 Å². The second-order valence-corrected chi connectivity index (χ2v) is 9.03. The Hall–Kier alpha value is -3.38. The molecular formula is C26H27N3O2S. The third-order valence-electron chi connectivity index (χ3n) is 5.34. The van der Waals surface area contributed by atoms with Crippen LogP contribution < -0.4 is 10.6 Å². The van der Waals surface area contributed by atoms with Crippen LogP contribution in [-0.4, -0.2) is 10.9 Å². The molecule has 32 heavy (non-hydrogen) atoms. The number of anilines is 2. The zero-order valence-electron chi connectivity index (χ0n) is 18.5. The highest BCUT2D eigenvalue weighted by Crippen LogP contribution is 2.38. The highest BCUT2D eigenvalue weighted by molar-refractivity contribution is 7.16. The molecule has 0 aliphatic rings. The average molecular weight is 446 g/mol. The third kappa shape index (κ3) is 4.92. The number of furan rings is 1. The van der Waals surface area contributed by atoms with E-state index in [0.29, 0.717) is 5.92 Å². The highest BCUT2D eigenvalue weighted by Gasteiger charge is 2.23. The number of amides is 1. The Morgan fingerprint density at radius 3 is 2.47 bits per heavy atom. The van der Waals surface area contributed by atoms with Gasteiger partial charge in [0.2, 0.25) is 0 Å². The number of thiophene rings is 1. The molecule has 4 aromatic rings. The molecule has 1 amide bonds. The van der Waals surface area contributed by atoms with Crippen LogP contribution >= 0.6 is 11.3 Å². The van der Waals surface area contributed by atoms with Crippen molar-refractivity contribution in [2.24, 2.45) is 0 Å². The topological polar surface area (TPSA) is 67.2 Å². The highest BCUT2D eigenvalue weighted by atomic mass is 32.1. The van der Waals surface area contributed by atoms with Gasteiger partial charge in [0.1, 0.15) is 10.8 Å².